The number of aromatic amines is 1. The maximum atomic E-state index is 12.7. The van der Waals surface area contributed by atoms with Crippen LogP contribution in [-0.4, -0.2) is 31.6 Å². The minimum absolute atomic E-state index is 0.0821. The maximum Gasteiger partial charge on any atom is 0.292 e. The van der Waals surface area contributed by atoms with Crippen LogP contribution in [0.15, 0.2) is 82.3 Å². The van der Waals surface area contributed by atoms with E-state index in [2.05, 4.69) is 15.5 Å². The quantitative estimate of drug-likeness (QED) is 0.453. The second-order valence-corrected chi connectivity index (χ2v) is 8.66. The van der Waals surface area contributed by atoms with Crippen LogP contribution in [0.25, 0.3) is 11.3 Å². The number of benzene rings is 2. The Labute approximate surface area is 178 Å². The first kappa shape index (κ1) is 20.4. The molecule has 8 nitrogen and oxygen atoms in total. The number of H-pyrrole nitrogens is 1. The molecule has 158 valence electrons. The number of hydrogen-bond acceptors (Lipinski definition) is 6. The van der Waals surface area contributed by atoms with Gasteiger partial charge in [-0.15, -0.1) is 0 Å². The van der Waals surface area contributed by atoms with Gasteiger partial charge >= 0.3 is 0 Å². The maximum absolute atomic E-state index is 12.7. The first-order chi connectivity index (χ1) is 15.0. The number of carbonyl (C=O) groups is 1. The van der Waals surface area contributed by atoms with Gasteiger partial charge in [0, 0.05) is 17.2 Å². The van der Waals surface area contributed by atoms with Crippen molar-refractivity contribution in [3.63, 3.8) is 0 Å². The molecule has 0 aliphatic rings. The van der Waals surface area contributed by atoms with Crippen LogP contribution in [-0.2, 0) is 15.6 Å². The van der Waals surface area contributed by atoms with Crippen molar-refractivity contribution in [2.75, 3.05) is 12.4 Å². The second-order valence-electron chi connectivity index (χ2n) is 6.67. The van der Waals surface area contributed by atoms with Gasteiger partial charge in [0.05, 0.1) is 29.7 Å². The number of para-hydroxylation sites is 1. The molecular formula is C22H19N3O5S. The van der Waals surface area contributed by atoms with Crippen molar-refractivity contribution >= 4 is 21.6 Å². The molecule has 31 heavy (non-hydrogen) atoms. The molecule has 0 saturated heterocycles. The van der Waals surface area contributed by atoms with Gasteiger partial charge in [-0.25, -0.2) is 8.42 Å². The van der Waals surface area contributed by atoms with Crippen LogP contribution < -0.4 is 10.1 Å². The van der Waals surface area contributed by atoms with Crippen LogP contribution in [0, 0.1) is 0 Å². The SMILES string of the molecule is COc1ccccc1-c1cc(NC(=O)c2occc2CS(=O)(=O)c2ccccc2)n[nH]1. The average Bonchev–Trinajstić information content (AvgIpc) is 3.43. The first-order valence-electron chi connectivity index (χ1n) is 9.32. The minimum atomic E-state index is -3.63. The van der Waals surface area contributed by atoms with Crippen molar-refractivity contribution in [3.8, 4) is 17.0 Å². The molecule has 2 heterocycles. The number of furan rings is 1. The zero-order chi connectivity index (χ0) is 21.8. The van der Waals surface area contributed by atoms with Gasteiger partial charge in [-0.05, 0) is 30.3 Å². The molecule has 1 amide bonds. The third-order valence-corrected chi connectivity index (χ3v) is 6.30. The number of nitrogens with zero attached hydrogens (tertiary/aromatic N) is 1. The molecule has 0 aliphatic carbocycles. The number of carbonyl (C=O) groups excluding carboxylic acids is 1. The van der Waals surface area contributed by atoms with Gasteiger partial charge in [0.25, 0.3) is 5.91 Å². The zero-order valence-electron chi connectivity index (χ0n) is 16.5. The molecule has 2 aromatic heterocycles. The summed E-state index contributed by atoms with van der Waals surface area (Å²) in [6.07, 6.45) is 1.29. The van der Waals surface area contributed by atoms with E-state index in [1.165, 1.54) is 24.5 Å². The van der Waals surface area contributed by atoms with Crippen molar-refractivity contribution in [2.24, 2.45) is 0 Å². The number of ether oxygens (including phenoxy) is 1. The van der Waals surface area contributed by atoms with Gasteiger partial charge in [0.15, 0.2) is 21.4 Å². The van der Waals surface area contributed by atoms with E-state index >= 15 is 0 Å². The van der Waals surface area contributed by atoms with E-state index in [1.807, 2.05) is 24.3 Å². The van der Waals surface area contributed by atoms with E-state index in [0.29, 0.717) is 11.4 Å². The lowest BCUT2D eigenvalue weighted by Crippen LogP contribution is -2.15. The van der Waals surface area contributed by atoms with E-state index in [-0.39, 0.29) is 27.8 Å². The summed E-state index contributed by atoms with van der Waals surface area (Å²) in [5, 5.41) is 9.58. The van der Waals surface area contributed by atoms with Crippen LogP contribution in [0.3, 0.4) is 0 Å². The Morgan fingerprint density at radius 1 is 1.10 bits per heavy atom. The van der Waals surface area contributed by atoms with Crippen LogP contribution in [0.4, 0.5) is 5.82 Å². The zero-order valence-corrected chi connectivity index (χ0v) is 17.3. The highest BCUT2D eigenvalue weighted by atomic mass is 32.2. The lowest BCUT2D eigenvalue weighted by atomic mass is 10.1. The van der Waals surface area contributed by atoms with Crippen LogP contribution >= 0.6 is 0 Å². The number of amides is 1. The summed E-state index contributed by atoms with van der Waals surface area (Å²) in [5.41, 5.74) is 1.70. The minimum Gasteiger partial charge on any atom is -0.496 e. The number of methoxy groups -OCH3 is 1. The standard InChI is InChI=1S/C22H19N3O5S/c1-29-19-10-6-5-9-17(19)18-13-20(25-24-18)23-22(26)21-15(11-12-30-21)14-31(27,28)16-7-3-2-4-8-16/h2-13H,14H2,1H3,(H2,23,24,25,26). The third-order valence-electron chi connectivity index (χ3n) is 4.62. The molecule has 0 bridgehead atoms. The molecule has 4 aromatic rings. The summed E-state index contributed by atoms with van der Waals surface area (Å²) in [6, 6.07) is 18.6. The van der Waals surface area contributed by atoms with Gasteiger partial charge in [0.1, 0.15) is 5.75 Å². The number of aromatic nitrogens is 2. The summed E-state index contributed by atoms with van der Waals surface area (Å²) in [6.45, 7) is 0. The highest BCUT2D eigenvalue weighted by Gasteiger charge is 2.23. The molecule has 0 saturated carbocycles. The Balaban J connectivity index is 1.52. The van der Waals surface area contributed by atoms with Gasteiger partial charge in [-0.3, -0.25) is 9.89 Å². The van der Waals surface area contributed by atoms with Gasteiger partial charge in [-0.1, -0.05) is 30.3 Å². The highest BCUT2D eigenvalue weighted by Crippen LogP contribution is 2.29. The first-order valence-corrected chi connectivity index (χ1v) is 11.0. The predicted molar refractivity (Wildman–Crippen MR) is 115 cm³/mol. The summed E-state index contributed by atoms with van der Waals surface area (Å²) in [5.74, 6) is -0.117. The molecule has 9 heteroatoms. The second kappa shape index (κ2) is 8.49. The molecular weight excluding hydrogens is 418 g/mol. The fourth-order valence-corrected chi connectivity index (χ4v) is 4.50. The molecule has 0 aliphatic heterocycles. The predicted octanol–water partition coefficient (Wildman–Crippen LogP) is 3.90. The molecule has 0 atom stereocenters. The Morgan fingerprint density at radius 3 is 2.61 bits per heavy atom. The van der Waals surface area contributed by atoms with Crippen molar-refractivity contribution < 1.29 is 22.4 Å². The van der Waals surface area contributed by atoms with Crippen molar-refractivity contribution in [1.29, 1.82) is 0 Å². The van der Waals surface area contributed by atoms with Crippen LogP contribution in [0.5, 0.6) is 5.75 Å². The van der Waals surface area contributed by atoms with E-state index in [0.717, 1.165) is 5.56 Å². The monoisotopic (exact) mass is 437 g/mol. The lowest BCUT2D eigenvalue weighted by molar-refractivity contribution is 0.0995. The number of hydrogen-bond donors (Lipinski definition) is 2. The van der Waals surface area contributed by atoms with Crippen molar-refractivity contribution in [2.45, 2.75) is 10.6 Å². The van der Waals surface area contributed by atoms with Gasteiger partial charge in [0.2, 0.25) is 0 Å². The number of anilines is 1. The van der Waals surface area contributed by atoms with Crippen molar-refractivity contribution in [1.82, 2.24) is 10.2 Å². The van der Waals surface area contributed by atoms with E-state index in [9.17, 15) is 13.2 Å². The average molecular weight is 437 g/mol. The molecule has 0 radical (unpaired) electrons. The smallest absolute Gasteiger partial charge is 0.292 e. The van der Waals surface area contributed by atoms with E-state index in [4.69, 9.17) is 9.15 Å². The molecule has 2 aromatic carbocycles. The Hall–Kier alpha value is -3.85. The largest absolute Gasteiger partial charge is 0.496 e. The molecule has 4 rings (SSSR count). The van der Waals surface area contributed by atoms with Crippen LogP contribution in [0.2, 0.25) is 0 Å². The molecule has 0 spiro atoms. The fourth-order valence-electron chi connectivity index (χ4n) is 3.13. The third kappa shape index (κ3) is 4.36. The summed E-state index contributed by atoms with van der Waals surface area (Å²) >= 11 is 0. The number of nitrogens with one attached hydrogen (secondary N) is 2. The van der Waals surface area contributed by atoms with Crippen LogP contribution in [0.1, 0.15) is 16.1 Å². The topological polar surface area (TPSA) is 114 Å². The van der Waals surface area contributed by atoms with Crippen molar-refractivity contribution in [3.05, 3.63) is 84.3 Å². The highest BCUT2D eigenvalue weighted by molar-refractivity contribution is 7.90. The Morgan fingerprint density at radius 2 is 1.84 bits per heavy atom. The molecule has 2 N–H and O–H groups in total. The summed E-state index contributed by atoms with van der Waals surface area (Å²) < 4.78 is 35.9. The van der Waals surface area contributed by atoms with Gasteiger partial charge in [-0.2, -0.15) is 5.10 Å². The van der Waals surface area contributed by atoms with Gasteiger partial charge < -0.3 is 14.5 Å². The Bertz CT molecular complexity index is 1310. The molecule has 0 fully saturated rings. The summed E-state index contributed by atoms with van der Waals surface area (Å²) in [4.78, 5) is 12.9. The van der Waals surface area contributed by atoms with E-state index in [1.54, 1.807) is 31.4 Å². The Kier molecular flexibility index (Phi) is 5.59. The number of sulfone groups is 1. The summed E-state index contributed by atoms with van der Waals surface area (Å²) in [7, 11) is -2.06. The normalized spacial score (nSPS) is 11.3. The number of rotatable bonds is 7. The lowest BCUT2D eigenvalue weighted by Gasteiger charge is -2.05. The molecule has 0 unspecified atom stereocenters. The fraction of sp³-hybridized carbons (Fsp3) is 0.0909. The van der Waals surface area contributed by atoms with E-state index < -0.39 is 15.7 Å².